The van der Waals surface area contributed by atoms with Crippen LogP contribution in [-0.2, 0) is 9.59 Å². The summed E-state index contributed by atoms with van der Waals surface area (Å²) < 4.78 is 4.86. The Kier molecular flexibility index (Phi) is 6.72. The lowest BCUT2D eigenvalue weighted by Gasteiger charge is -2.19. The summed E-state index contributed by atoms with van der Waals surface area (Å²) in [6.45, 7) is 7.75. The van der Waals surface area contributed by atoms with E-state index < -0.39 is 0 Å². The zero-order chi connectivity index (χ0) is 15.0. The van der Waals surface area contributed by atoms with Crippen LogP contribution in [0, 0.1) is 6.92 Å². The van der Waals surface area contributed by atoms with Crippen LogP contribution in [0.4, 0.5) is 5.82 Å². The number of anilines is 1. The third-order valence-electron chi connectivity index (χ3n) is 2.74. The van der Waals surface area contributed by atoms with E-state index in [1.165, 1.54) is 0 Å². The molecule has 1 aromatic heterocycles. The zero-order valence-corrected chi connectivity index (χ0v) is 12.2. The number of aryl methyl sites for hydroxylation is 1. The summed E-state index contributed by atoms with van der Waals surface area (Å²) in [5.41, 5.74) is 0. The maximum absolute atomic E-state index is 11.7. The maximum Gasteiger partial charge on any atom is 0.234 e. The largest absolute Gasteiger partial charge is 0.360 e. The van der Waals surface area contributed by atoms with E-state index in [0.717, 1.165) is 0 Å². The van der Waals surface area contributed by atoms with Crippen molar-refractivity contribution >= 4 is 17.6 Å². The molecule has 7 nitrogen and oxygen atoms in total. The Labute approximate surface area is 118 Å². The van der Waals surface area contributed by atoms with Crippen molar-refractivity contribution < 1.29 is 14.1 Å². The minimum absolute atomic E-state index is 0.0260. The fourth-order valence-electron chi connectivity index (χ4n) is 1.70. The number of rotatable bonds is 8. The molecule has 1 aromatic rings. The Hall–Kier alpha value is -1.89. The van der Waals surface area contributed by atoms with E-state index in [4.69, 9.17) is 4.52 Å². The molecule has 0 radical (unpaired) electrons. The van der Waals surface area contributed by atoms with Gasteiger partial charge in [0.25, 0.3) is 0 Å². The van der Waals surface area contributed by atoms with E-state index in [0.29, 0.717) is 44.2 Å². The average Bonchev–Trinajstić information content (AvgIpc) is 2.80. The molecular weight excluding hydrogens is 260 g/mol. The van der Waals surface area contributed by atoms with Gasteiger partial charge < -0.3 is 15.2 Å². The lowest BCUT2D eigenvalue weighted by Crippen LogP contribution is -2.38. The van der Waals surface area contributed by atoms with E-state index in [2.05, 4.69) is 15.8 Å². The van der Waals surface area contributed by atoms with Crippen molar-refractivity contribution in [1.29, 1.82) is 0 Å². The van der Waals surface area contributed by atoms with Gasteiger partial charge in [-0.15, -0.1) is 0 Å². The normalized spacial score (nSPS) is 10.6. The van der Waals surface area contributed by atoms with Gasteiger partial charge in [0, 0.05) is 25.6 Å². The number of hydrogen-bond acceptors (Lipinski definition) is 5. The van der Waals surface area contributed by atoms with Crippen molar-refractivity contribution in [3.8, 4) is 0 Å². The lowest BCUT2D eigenvalue weighted by molar-refractivity contribution is -0.123. The first-order valence-corrected chi connectivity index (χ1v) is 6.77. The second-order valence-corrected chi connectivity index (χ2v) is 4.44. The van der Waals surface area contributed by atoms with Crippen LogP contribution in [0.25, 0.3) is 0 Å². The number of aromatic nitrogens is 1. The maximum atomic E-state index is 11.7. The van der Waals surface area contributed by atoms with Crippen LogP contribution < -0.4 is 10.6 Å². The third-order valence-corrected chi connectivity index (χ3v) is 2.74. The molecule has 0 spiro atoms. The van der Waals surface area contributed by atoms with Gasteiger partial charge in [0.2, 0.25) is 11.8 Å². The third kappa shape index (κ3) is 5.83. The summed E-state index contributed by atoms with van der Waals surface area (Å²) in [6, 6.07) is 1.66. The van der Waals surface area contributed by atoms with Gasteiger partial charge >= 0.3 is 0 Å². The van der Waals surface area contributed by atoms with Gasteiger partial charge in [0.05, 0.1) is 6.54 Å². The van der Waals surface area contributed by atoms with Crippen molar-refractivity contribution in [2.75, 3.05) is 31.5 Å². The van der Waals surface area contributed by atoms with Gasteiger partial charge in [0.1, 0.15) is 5.76 Å². The van der Waals surface area contributed by atoms with Crippen LogP contribution in [0.2, 0.25) is 0 Å². The summed E-state index contributed by atoms with van der Waals surface area (Å²) in [6.07, 6.45) is 0.305. The van der Waals surface area contributed by atoms with Crippen molar-refractivity contribution in [1.82, 2.24) is 15.4 Å². The van der Waals surface area contributed by atoms with Gasteiger partial charge in [0.15, 0.2) is 5.82 Å². The first-order valence-electron chi connectivity index (χ1n) is 6.77. The fourth-order valence-corrected chi connectivity index (χ4v) is 1.70. The van der Waals surface area contributed by atoms with Gasteiger partial charge in [-0.25, -0.2) is 0 Å². The molecule has 2 amide bonds. The van der Waals surface area contributed by atoms with Gasteiger partial charge in [-0.2, -0.15) is 0 Å². The molecule has 0 aliphatic heterocycles. The minimum atomic E-state index is -0.146. The molecule has 7 heteroatoms. The molecule has 2 N–H and O–H groups in total. The highest BCUT2D eigenvalue weighted by Crippen LogP contribution is 2.07. The highest BCUT2D eigenvalue weighted by atomic mass is 16.5. The highest BCUT2D eigenvalue weighted by molar-refractivity contribution is 5.89. The second kappa shape index (κ2) is 8.31. The summed E-state index contributed by atoms with van der Waals surface area (Å²) in [5, 5.41) is 9.08. The number of carbonyl (C=O) groups excluding carboxylic acids is 2. The van der Waals surface area contributed by atoms with Gasteiger partial charge in [-0.3, -0.25) is 14.5 Å². The second-order valence-electron chi connectivity index (χ2n) is 4.44. The molecule has 0 atom stereocenters. The molecule has 0 bridgehead atoms. The summed E-state index contributed by atoms with van der Waals surface area (Å²) >= 11 is 0. The van der Waals surface area contributed by atoms with Crippen LogP contribution in [-0.4, -0.2) is 48.0 Å². The fraction of sp³-hybridized carbons (Fsp3) is 0.615. The molecule has 0 unspecified atom stereocenters. The molecule has 0 saturated heterocycles. The van der Waals surface area contributed by atoms with Crippen molar-refractivity contribution in [2.45, 2.75) is 27.2 Å². The average molecular weight is 282 g/mol. The van der Waals surface area contributed by atoms with Crippen LogP contribution in [0.5, 0.6) is 0 Å². The van der Waals surface area contributed by atoms with E-state index >= 15 is 0 Å². The number of amides is 2. The van der Waals surface area contributed by atoms with Gasteiger partial charge in [-0.1, -0.05) is 12.1 Å². The van der Waals surface area contributed by atoms with Gasteiger partial charge in [-0.05, 0) is 20.4 Å². The molecule has 1 heterocycles. The summed E-state index contributed by atoms with van der Waals surface area (Å²) in [5.74, 6) is 0.889. The predicted octanol–water partition coefficient (Wildman–Crippen LogP) is 0.770. The van der Waals surface area contributed by atoms with Crippen LogP contribution in [0.3, 0.4) is 0 Å². The highest BCUT2D eigenvalue weighted by Gasteiger charge is 2.11. The summed E-state index contributed by atoms with van der Waals surface area (Å²) in [4.78, 5) is 25.1. The topological polar surface area (TPSA) is 87.5 Å². The monoisotopic (exact) mass is 282 g/mol. The zero-order valence-electron chi connectivity index (χ0n) is 12.2. The number of nitrogens with one attached hydrogen (secondary N) is 2. The molecule has 112 valence electrons. The molecule has 0 aliphatic carbocycles. The molecule has 0 aliphatic rings. The molecular formula is C13H22N4O3. The minimum Gasteiger partial charge on any atom is -0.360 e. The van der Waals surface area contributed by atoms with E-state index in [9.17, 15) is 9.59 Å². The Balaban J connectivity index is 2.32. The molecule has 20 heavy (non-hydrogen) atoms. The Morgan fingerprint density at radius 2 is 2.10 bits per heavy atom. The molecule has 0 fully saturated rings. The Morgan fingerprint density at radius 1 is 1.35 bits per heavy atom. The lowest BCUT2D eigenvalue weighted by atomic mass is 10.3. The standard InChI is InChI=1S/C13H22N4O3/c1-4-14-13(19)9-17(5-2)7-6-12(18)15-11-8-10(3)20-16-11/h8H,4-7,9H2,1-3H3,(H,14,19)(H,15,16,18). The number of hydrogen-bond donors (Lipinski definition) is 2. The van der Waals surface area contributed by atoms with Crippen LogP contribution >= 0.6 is 0 Å². The first kappa shape index (κ1) is 16.2. The number of carbonyl (C=O) groups is 2. The number of nitrogens with zero attached hydrogens (tertiary/aromatic N) is 2. The summed E-state index contributed by atoms with van der Waals surface area (Å²) in [7, 11) is 0. The molecule has 0 aromatic carbocycles. The van der Waals surface area contributed by atoms with Crippen molar-refractivity contribution in [3.63, 3.8) is 0 Å². The van der Waals surface area contributed by atoms with Crippen molar-refractivity contribution in [3.05, 3.63) is 11.8 Å². The quantitative estimate of drug-likeness (QED) is 0.735. The number of likely N-dealkylation sites (N-methyl/N-ethyl adjacent to an activating group) is 2. The first-order chi connectivity index (χ1) is 9.55. The predicted molar refractivity (Wildman–Crippen MR) is 75.3 cm³/mol. The molecule has 1 rings (SSSR count). The molecule has 0 saturated carbocycles. The SMILES string of the molecule is CCNC(=O)CN(CC)CCC(=O)Nc1cc(C)on1. The Morgan fingerprint density at radius 3 is 2.65 bits per heavy atom. The van der Waals surface area contributed by atoms with Crippen LogP contribution in [0.1, 0.15) is 26.0 Å². The van der Waals surface area contributed by atoms with E-state index in [1.54, 1.807) is 13.0 Å². The van der Waals surface area contributed by atoms with Crippen LogP contribution in [0.15, 0.2) is 10.6 Å². The smallest absolute Gasteiger partial charge is 0.234 e. The van der Waals surface area contributed by atoms with E-state index in [-0.39, 0.29) is 11.8 Å². The van der Waals surface area contributed by atoms with E-state index in [1.807, 2.05) is 18.7 Å². The Bertz CT molecular complexity index is 445. The van der Waals surface area contributed by atoms with Crippen molar-refractivity contribution in [2.24, 2.45) is 0 Å².